The molecule has 3 heterocycles. The van der Waals surface area contributed by atoms with Crippen LogP contribution < -0.4 is 4.90 Å². The number of esters is 1. The van der Waals surface area contributed by atoms with Crippen LogP contribution in [-0.2, 0) is 42.7 Å². The van der Waals surface area contributed by atoms with Crippen LogP contribution in [0.15, 0.2) is 36.5 Å². The van der Waals surface area contributed by atoms with Crippen LogP contribution >= 0.6 is 0 Å². The molecule has 3 aliphatic rings. The number of likely N-dealkylation sites (N-methyl/N-ethyl adjacent to an activating group) is 1. The highest BCUT2D eigenvalue weighted by Crippen LogP contribution is 2.31. The number of methoxy groups -OCH3 is 2. The maximum atomic E-state index is 13.3. The average molecular weight is 713 g/mol. The molecule has 2 fully saturated rings. The van der Waals surface area contributed by atoms with Gasteiger partial charge in [0.05, 0.1) is 39.0 Å². The number of ketones is 1. The number of allylic oxidation sites excluding steroid dienone is 3. The van der Waals surface area contributed by atoms with Gasteiger partial charge in [-0.1, -0.05) is 45.9 Å². The number of carbonyl (C=O) groups excluding carboxylic acids is 2. The van der Waals surface area contributed by atoms with E-state index in [1.54, 1.807) is 19.9 Å². The number of ether oxygens (including phenoxy) is 7. The molecule has 3 rings (SSSR count). The van der Waals surface area contributed by atoms with E-state index in [9.17, 15) is 24.9 Å². The summed E-state index contributed by atoms with van der Waals surface area (Å²) in [6.45, 7) is 10.8. The molecule has 3 aliphatic heterocycles. The summed E-state index contributed by atoms with van der Waals surface area (Å²) in [5.41, 5.74) is -1.85. The molecule has 15 atom stereocenters. The van der Waals surface area contributed by atoms with Crippen LogP contribution in [0, 0.1) is 17.8 Å². The second-order valence-electron chi connectivity index (χ2n) is 14.5. The summed E-state index contributed by atoms with van der Waals surface area (Å²) in [6, 6.07) is -0.0834. The molecule has 0 radical (unpaired) electrons. The van der Waals surface area contributed by atoms with Crippen molar-refractivity contribution >= 4 is 11.8 Å². The predicted molar refractivity (Wildman–Crippen MR) is 184 cm³/mol. The van der Waals surface area contributed by atoms with Gasteiger partial charge in [-0.2, -0.15) is 0 Å². The molecule has 2 saturated heterocycles. The minimum absolute atomic E-state index is 0.0834. The van der Waals surface area contributed by atoms with Crippen molar-refractivity contribution in [3.05, 3.63) is 36.5 Å². The van der Waals surface area contributed by atoms with Crippen molar-refractivity contribution in [1.29, 1.82) is 0 Å². The number of cyclic esters (lactones) is 1. The highest BCUT2D eigenvalue weighted by atomic mass is 16.7. The summed E-state index contributed by atoms with van der Waals surface area (Å²) in [7, 11) is 6.87. The van der Waals surface area contributed by atoms with Crippen molar-refractivity contribution < 1.29 is 63.0 Å². The number of nitrogens with one attached hydrogen (secondary N) is 1. The maximum Gasteiger partial charge on any atom is 0.330 e. The third-order valence-electron chi connectivity index (χ3n) is 10.2. The van der Waals surface area contributed by atoms with E-state index in [0.29, 0.717) is 12.8 Å². The molecule has 13 nitrogen and oxygen atoms in total. The number of aliphatic hydroxyl groups excluding tert-OH is 2. The third kappa shape index (κ3) is 10.8. The van der Waals surface area contributed by atoms with Gasteiger partial charge in [-0.3, -0.25) is 4.79 Å². The van der Waals surface area contributed by atoms with Crippen LogP contribution in [0.2, 0.25) is 0 Å². The Bertz CT molecular complexity index is 1180. The van der Waals surface area contributed by atoms with Crippen molar-refractivity contribution in [2.24, 2.45) is 17.8 Å². The summed E-state index contributed by atoms with van der Waals surface area (Å²) in [5.74, 6) is -1.64. The van der Waals surface area contributed by atoms with Gasteiger partial charge < -0.3 is 53.4 Å². The van der Waals surface area contributed by atoms with Crippen LogP contribution in [0.3, 0.4) is 0 Å². The predicted octanol–water partition coefficient (Wildman–Crippen LogP) is 1.14. The molecule has 0 aromatic heterocycles. The molecular formula is C37H62NO12+. The zero-order chi connectivity index (χ0) is 37.3. The van der Waals surface area contributed by atoms with Gasteiger partial charge in [-0.15, -0.1) is 0 Å². The van der Waals surface area contributed by atoms with Gasteiger partial charge in [0.15, 0.2) is 24.5 Å². The highest BCUT2D eigenvalue weighted by molar-refractivity contribution is 5.91. The van der Waals surface area contributed by atoms with Gasteiger partial charge in [0.1, 0.15) is 36.1 Å². The molecule has 13 heteroatoms. The van der Waals surface area contributed by atoms with E-state index in [2.05, 4.69) is 0 Å². The Balaban J connectivity index is 1.90. The summed E-state index contributed by atoms with van der Waals surface area (Å²) in [4.78, 5) is 27.6. The van der Waals surface area contributed by atoms with Crippen molar-refractivity contribution in [2.45, 2.75) is 134 Å². The fourth-order valence-corrected chi connectivity index (χ4v) is 7.18. The first-order chi connectivity index (χ1) is 23.6. The van der Waals surface area contributed by atoms with Crippen LogP contribution in [0.25, 0.3) is 0 Å². The number of quaternary nitrogens is 1. The van der Waals surface area contributed by atoms with E-state index in [4.69, 9.17) is 33.2 Å². The number of carbonyl (C=O) groups is 2. The van der Waals surface area contributed by atoms with E-state index in [1.807, 2.05) is 41.8 Å². The van der Waals surface area contributed by atoms with Crippen molar-refractivity contribution in [1.82, 2.24) is 0 Å². The van der Waals surface area contributed by atoms with E-state index < -0.39 is 66.9 Å². The quantitative estimate of drug-likeness (QED) is 0.253. The normalized spacial score (nSPS) is 44.4. The lowest BCUT2D eigenvalue weighted by molar-refractivity contribution is -0.893. The molecular weight excluding hydrogens is 650 g/mol. The standard InChI is InChI=1S/C37H61NO12/c1-11-28-37(43,20-46-36-34(45-10)33(44-9)30(41)25(6)48-36)17-13-12-14-27(39)22(3)18-23(4)32(21(2)15-16-29(40)49-28)50-35-31(42)26(38(7)8)19-24(5)47-35/h12-17,21-26,28,30-36,41-43H,11,18-20H2,1-10H3/p+1/b14-12+,16-15+,17-13+/t21-,22+,23-,24+,25+,26-,28+,30+,31+,32+,33+,34+,35-,36+,37-/m0/s1. The molecule has 50 heavy (non-hydrogen) atoms. The van der Waals surface area contributed by atoms with Gasteiger partial charge in [0.25, 0.3) is 0 Å². The van der Waals surface area contributed by atoms with Gasteiger partial charge in [0.2, 0.25) is 0 Å². The fourth-order valence-electron chi connectivity index (χ4n) is 7.18. The topological polar surface area (TPSA) is 164 Å². The average Bonchev–Trinajstić information content (AvgIpc) is 3.07. The zero-order valence-corrected chi connectivity index (χ0v) is 31.4. The molecule has 0 spiro atoms. The molecule has 286 valence electrons. The Morgan fingerprint density at radius 1 is 0.900 bits per heavy atom. The first kappa shape index (κ1) is 42.4. The lowest BCUT2D eigenvalue weighted by Crippen LogP contribution is -3.12. The molecule has 0 amide bonds. The highest BCUT2D eigenvalue weighted by Gasteiger charge is 2.47. The minimum atomic E-state index is -1.85. The summed E-state index contributed by atoms with van der Waals surface area (Å²) in [6.07, 6.45) is 2.69. The molecule has 0 unspecified atom stereocenters. The zero-order valence-electron chi connectivity index (χ0n) is 31.4. The second-order valence-corrected chi connectivity index (χ2v) is 14.5. The Morgan fingerprint density at radius 3 is 2.20 bits per heavy atom. The lowest BCUT2D eigenvalue weighted by atomic mass is 9.84. The number of aliphatic hydroxyl groups is 3. The first-order valence-electron chi connectivity index (χ1n) is 17.9. The Morgan fingerprint density at radius 2 is 1.58 bits per heavy atom. The summed E-state index contributed by atoms with van der Waals surface area (Å²) < 4.78 is 41.3. The van der Waals surface area contributed by atoms with Gasteiger partial charge >= 0.3 is 5.97 Å². The Hall–Kier alpha value is -2.04. The Labute approximate surface area is 297 Å². The van der Waals surface area contributed by atoms with Gasteiger partial charge in [-0.25, -0.2) is 4.79 Å². The van der Waals surface area contributed by atoms with Crippen LogP contribution in [0.4, 0.5) is 0 Å². The van der Waals surface area contributed by atoms with Crippen LogP contribution in [0.1, 0.15) is 60.8 Å². The van der Waals surface area contributed by atoms with E-state index in [1.165, 1.54) is 44.6 Å². The third-order valence-corrected chi connectivity index (χ3v) is 10.2. The second kappa shape index (κ2) is 19.2. The molecule has 4 N–H and O–H groups in total. The molecule has 0 aliphatic carbocycles. The fraction of sp³-hybridized carbons (Fsp3) is 0.784. The molecule has 0 aromatic rings. The number of rotatable bonds is 9. The number of hydrogen-bond donors (Lipinski definition) is 4. The monoisotopic (exact) mass is 712 g/mol. The van der Waals surface area contributed by atoms with Crippen LogP contribution in [0.5, 0.6) is 0 Å². The van der Waals surface area contributed by atoms with Gasteiger partial charge in [-0.05, 0) is 44.8 Å². The van der Waals surface area contributed by atoms with Crippen molar-refractivity contribution in [2.75, 3.05) is 34.9 Å². The van der Waals surface area contributed by atoms with Crippen molar-refractivity contribution in [3.8, 4) is 0 Å². The lowest BCUT2D eigenvalue weighted by Gasteiger charge is -2.43. The summed E-state index contributed by atoms with van der Waals surface area (Å²) >= 11 is 0. The van der Waals surface area contributed by atoms with Crippen molar-refractivity contribution in [3.63, 3.8) is 0 Å². The molecule has 0 bridgehead atoms. The largest absolute Gasteiger partial charge is 0.456 e. The number of hydrogen-bond acceptors (Lipinski definition) is 12. The molecule has 0 aromatic carbocycles. The summed E-state index contributed by atoms with van der Waals surface area (Å²) in [5, 5.41) is 33.7. The van der Waals surface area contributed by atoms with E-state index in [0.717, 1.165) is 4.90 Å². The van der Waals surface area contributed by atoms with E-state index in [-0.39, 0.29) is 48.7 Å². The minimum Gasteiger partial charge on any atom is -0.456 e. The molecule has 0 saturated carbocycles. The van der Waals surface area contributed by atoms with E-state index >= 15 is 0 Å². The van der Waals surface area contributed by atoms with Gasteiger partial charge in [0, 0.05) is 38.6 Å². The Kier molecular flexibility index (Phi) is 16.2. The van der Waals surface area contributed by atoms with Crippen LogP contribution in [-0.4, -0.2) is 135 Å². The smallest absolute Gasteiger partial charge is 0.330 e. The first-order valence-corrected chi connectivity index (χ1v) is 17.9. The SMILES string of the molecule is CC[C@H]1OC(=O)/C=C/[C@H](C)[C@@H](O[C@@H]2O[C@H](C)C[C@H]([NH+](C)C)[C@H]2O)[C@@H](C)C[C@@H](C)C(=O)/C=C/C=C/[C@]1(O)CO[C@@H]1O[C@H](C)[C@@H](O)[C@@H](OC)[C@H]1OC. The maximum absolute atomic E-state index is 13.3.